The van der Waals surface area contributed by atoms with Crippen molar-refractivity contribution in [1.82, 2.24) is 0 Å². The SMILES string of the molecule is Cc1ccc2c(c1)C(I)=NC2.Cc1ccc2c(c1)C=NC2. The summed E-state index contributed by atoms with van der Waals surface area (Å²) in [5.41, 5.74) is 7.96. The molecule has 3 heteroatoms. The van der Waals surface area contributed by atoms with Gasteiger partial charge in [0.25, 0.3) is 0 Å². The first-order valence-electron chi connectivity index (χ1n) is 7.03. The van der Waals surface area contributed by atoms with Crippen LogP contribution >= 0.6 is 22.6 Å². The Morgan fingerprint density at radius 2 is 1.62 bits per heavy atom. The van der Waals surface area contributed by atoms with Crippen LogP contribution in [0.3, 0.4) is 0 Å². The van der Waals surface area contributed by atoms with Crippen molar-refractivity contribution in [2.45, 2.75) is 26.9 Å². The zero-order valence-electron chi connectivity index (χ0n) is 12.2. The third kappa shape index (κ3) is 3.23. The van der Waals surface area contributed by atoms with E-state index in [0.29, 0.717) is 0 Å². The van der Waals surface area contributed by atoms with E-state index in [1.54, 1.807) is 0 Å². The lowest BCUT2D eigenvalue weighted by Gasteiger charge is -1.98. The summed E-state index contributed by atoms with van der Waals surface area (Å²) in [4.78, 5) is 8.52. The molecule has 4 rings (SSSR count). The van der Waals surface area contributed by atoms with Gasteiger partial charge in [-0.15, -0.1) is 0 Å². The summed E-state index contributed by atoms with van der Waals surface area (Å²) in [6.07, 6.45) is 1.95. The van der Waals surface area contributed by atoms with Crippen molar-refractivity contribution >= 4 is 32.5 Å². The molecule has 0 unspecified atom stereocenters. The fourth-order valence-electron chi connectivity index (χ4n) is 2.48. The van der Waals surface area contributed by atoms with E-state index in [1.165, 1.54) is 33.4 Å². The van der Waals surface area contributed by atoms with E-state index in [9.17, 15) is 0 Å². The van der Waals surface area contributed by atoms with Crippen LogP contribution in [0.5, 0.6) is 0 Å². The summed E-state index contributed by atoms with van der Waals surface area (Å²) in [6, 6.07) is 13.0. The Bertz CT molecular complexity index is 745. The highest BCUT2D eigenvalue weighted by Gasteiger charge is 2.11. The predicted molar refractivity (Wildman–Crippen MR) is 97.9 cm³/mol. The Labute approximate surface area is 139 Å². The topological polar surface area (TPSA) is 24.7 Å². The molecule has 2 aliphatic heterocycles. The summed E-state index contributed by atoms with van der Waals surface area (Å²) in [7, 11) is 0. The molecule has 0 aromatic heterocycles. The molecule has 21 heavy (non-hydrogen) atoms. The lowest BCUT2D eigenvalue weighted by atomic mass is 10.1. The average Bonchev–Trinajstić information content (AvgIpc) is 3.06. The van der Waals surface area contributed by atoms with Gasteiger partial charge in [0.1, 0.15) is 3.72 Å². The highest BCUT2D eigenvalue weighted by atomic mass is 127. The van der Waals surface area contributed by atoms with Crippen molar-refractivity contribution in [3.63, 3.8) is 0 Å². The largest absolute Gasteiger partial charge is 0.288 e. The molecule has 0 aliphatic carbocycles. The molecule has 2 heterocycles. The van der Waals surface area contributed by atoms with Crippen LogP contribution in [0.2, 0.25) is 0 Å². The number of rotatable bonds is 0. The lowest BCUT2D eigenvalue weighted by Crippen LogP contribution is -1.88. The Hall–Kier alpha value is -1.49. The number of nitrogens with zero attached hydrogens (tertiary/aromatic N) is 2. The quantitative estimate of drug-likeness (QED) is 0.589. The zero-order chi connectivity index (χ0) is 14.8. The second-order valence-electron chi connectivity index (χ2n) is 5.44. The second-order valence-corrected chi connectivity index (χ2v) is 6.46. The minimum atomic E-state index is 0.869. The van der Waals surface area contributed by atoms with Crippen molar-refractivity contribution in [1.29, 1.82) is 0 Å². The van der Waals surface area contributed by atoms with Crippen molar-refractivity contribution in [2.75, 3.05) is 0 Å². The first-order valence-corrected chi connectivity index (χ1v) is 8.10. The lowest BCUT2D eigenvalue weighted by molar-refractivity contribution is 1.11. The third-order valence-corrected chi connectivity index (χ3v) is 4.59. The molecular weight excluding hydrogens is 371 g/mol. The molecular formula is C18H17IN2. The average molecular weight is 388 g/mol. The molecule has 106 valence electrons. The van der Waals surface area contributed by atoms with E-state index in [4.69, 9.17) is 0 Å². The summed E-state index contributed by atoms with van der Waals surface area (Å²) in [6.45, 7) is 5.96. The molecule has 0 bridgehead atoms. The molecule has 2 nitrogen and oxygen atoms in total. The monoisotopic (exact) mass is 388 g/mol. The van der Waals surface area contributed by atoms with Gasteiger partial charge in [-0.1, -0.05) is 41.5 Å². The van der Waals surface area contributed by atoms with E-state index in [0.717, 1.165) is 16.8 Å². The van der Waals surface area contributed by atoms with Gasteiger partial charge in [0.05, 0.1) is 13.1 Å². The molecule has 0 saturated heterocycles. The van der Waals surface area contributed by atoms with Gasteiger partial charge in [-0.05, 0) is 59.2 Å². The fourth-order valence-corrected chi connectivity index (χ4v) is 3.15. The van der Waals surface area contributed by atoms with Gasteiger partial charge in [0.2, 0.25) is 0 Å². The smallest absolute Gasteiger partial charge is 0.103 e. The van der Waals surface area contributed by atoms with Crippen molar-refractivity contribution < 1.29 is 0 Å². The maximum Gasteiger partial charge on any atom is 0.103 e. The Morgan fingerprint density at radius 1 is 0.905 bits per heavy atom. The van der Waals surface area contributed by atoms with Crippen LogP contribution in [0.1, 0.15) is 33.4 Å². The normalized spacial score (nSPS) is 14.1. The van der Waals surface area contributed by atoms with Gasteiger partial charge < -0.3 is 0 Å². The van der Waals surface area contributed by atoms with Gasteiger partial charge in [0.15, 0.2) is 0 Å². The predicted octanol–water partition coefficient (Wildman–Crippen LogP) is 4.62. The molecule has 0 fully saturated rings. The van der Waals surface area contributed by atoms with Crippen LogP contribution in [0.15, 0.2) is 46.4 Å². The highest BCUT2D eigenvalue weighted by molar-refractivity contribution is 14.1. The second kappa shape index (κ2) is 6.10. The molecule has 0 atom stereocenters. The number of benzene rings is 2. The van der Waals surface area contributed by atoms with E-state index >= 15 is 0 Å². The summed E-state index contributed by atoms with van der Waals surface area (Å²) < 4.78 is 1.15. The van der Waals surface area contributed by atoms with Gasteiger partial charge in [-0.25, -0.2) is 0 Å². The van der Waals surface area contributed by atoms with Crippen molar-refractivity contribution in [3.8, 4) is 0 Å². The standard InChI is InChI=1S/C9H8IN.C9H9N/c1-6-2-3-7-5-11-9(10)8(7)4-6;1-7-2-3-8-5-10-6-9(8)4-7/h2-4H,5H2,1H3;2-4,6H,5H2,1H3. The Balaban J connectivity index is 0.000000126. The molecule has 2 aromatic carbocycles. The van der Waals surface area contributed by atoms with Crippen molar-refractivity contribution in [3.05, 3.63) is 69.8 Å². The van der Waals surface area contributed by atoms with Crippen molar-refractivity contribution in [2.24, 2.45) is 9.98 Å². The van der Waals surface area contributed by atoms with Crippen LogP contribution in [0.4, 0.5) is 0 Å². The maximum absolute atomic E-state index is 4.35. The number of aryl methyl sites for hydroxylation is 2. The summed E-state index contributed by atoms with van der Waals surface area (Å²) in [5.74, 6) is 0. The molecule has 0 amide bonds. The van der Waals surface area contributed by atoms with E-state index < -0.39 is 0 Å². The van der Waals surface area contributed by atoms with Crippen LogP contribution in [0.25, 0.3) is 0 Å². The molecule has 0 saturated carbocycles. The third-order valence-electron chi connectivity index (χ3n) is 3.67. The minimum Gasteiger partial charge on any atom is -0.288 e. The van der Waals surface area contributed by atoms with Crippen LogP contribution in [-0.4, -0.2) is 9.93 Å². The highest BCUT2D eigenvalue weighted by Crippen LogP contribution is 2.22. The fraction of sp³-hybridized carbons (Fsp3) is 0.222. The van der Waals surface area contributed by atoms with E-state index in [-0.39, 0.29) is 0 Å². The van der Waals surface area contributed by atoms with Gasteiger partial charge in [0, 0.05) is 11.8 Å². The first kappa shape index (κ1) is 14.4. The molecule has 0 spiro atoms. The van der Waals surface area contributed by atoms with Gasteiger partial charge in [-0.2, -0.15) is 0 Å². The maximum atomic E-state index is 4.35. The Kier molecular flexibility index (Phi) is 4.19. The van der Waals surface area contributed by atoms with Crippen LogP contribution < -0.4 is 0 Å². The molecule has 2 aliphatic rings. The van der Waals surface area contributed by atoms with Gasteiger partial charge >= 0.3 is 0 Å². The number of fused-ring (bicyclic) bond motifs is 2. The molecule has 0 N–H and O–H groups in total. The van der Waals surface area contributed by atoms with Crippen LogP contribution in [0, 0.1) is 13.8 Å². The van der Waals surface area contributed by atoms with Gasteiger partial charge in [-0.3, -0.25) is 9.98 Å². The van der Waals surface area contributed by atoms with E-state index in [2.05, 4.69) is 82.8 Å². The zero-order valence-corrected chi connectivity index (χ0v) is 14.4. The summed E-state index contributed by atoms with van der Waals surface area (Å²) in [5, 5.41) is 0. The molecule has 0 radical (unpaired) electrons. The number of aliphatic imine (C=N–C) groups is 2. The minimum absolute atomic E-state index is 0.869. The summed E-state index contributed by atoms with van der Waals surface area (Å²) >= 11 is 2.29. The van der Waals surface area contributed by atoms with E-state index in [1.807, 2.05) is 6.21 Å². The van der Waals surface area contributed by atoms with Crippen LogP contribution in [-0.2, 0) is 13.1 Å². The number of halogens is 1. The number of hydrogen-bond acceptors (Lipinski definition) is 2. The Morgan fingerprint density at radius 3 is 2.43 bits per heavy atom. The molecule has 2 aromatic rings. The first-order chi connectivity index (χ1) is 10.1. The number of hydrogen-bond donors (Lipinski definition) is 0.